The first-order valence-corrected chi connectivity index (χ1v) is 6.59. The van der Waals surface area contributed by atoms with E-state index >= 15 is 0 Å². The van der Waals surface area contributed by atoms with Crippen LogP contribution in [0.15, 0.2) is 15.7 Å². The highest BCUT2D eigenvalue weighted by Crippen LogP contribution is 2.30. The molecule has 0 spiro atoms. The quantitative estimate of drug-likeness (QED) is 0.810. The Labute approximate surface area is 121 Å². The molecule has 1 N–H and O–H groups in total. The number of aromatic nitrogens is 2. The number of nitrogens with zero attached hydrogens (tertiary/aromatic N) is 2. The van der Waals surface area contributed by atoms with Gasteiger partial charge in [0.15, 0.2) is 0 Å². The van der Waals surface area contributed by atoms with Gasteiger partial charge in [0, 0.05) is 12.6 Å². The van der Waals surface area contributed by atoms with Crippen LogP contribution in [0.1, 0.15) is 26.3 Å². The average molecular weight is 297 g/mol. The third kappa shape index (κ3) is 1.93. The van der Waals surface area contributed by atoms with Gasteiger partial charge in [0.1, 0.15) is 5.75 Å². The van der Waals surface area contributed by atoms with Gasteiger partial charge in [-0.3, -0.25) is 9.59 Å². The van der Waals surface area contributed by atoms with E-state index in [9.17, 15) is 14.7 Å². The molecular formula is C14H17ClN2O3. The Bertz CT molecular complexity index is 826. The summed E-state index contributed by atoms with van der Waals surface area (Å²) in [6.45, 7) is 7.09. The summed E-state index contributed by atoms with van der Waals surface area (Å²) in [7, 11) is 1.53. The fourth-order valence-corrected chi connectivity index (χ4v) is 2.65. The van der Waals surface area contributed by atoms with Crippen molar-refractivity contribution < 1.29 is 5.11 Å². The summed E-state index contributed by atoms with van der Waals surface area (Å²) in [5.41, 5.74) is -0.884. The van der Waals surface area contributed by atoms with E-state index in [1.165, 1.54) is 22.5 Å². The lowest BCUT2D eigenvalue weighted by molar-refractivity contribution is 0.290. The first kappa shape index (κ1) is 14.7. The zero-order valence-corrected chi connectivity index (χ0v) is 12.9. The minimum absolute atomic E-state index is 0.0895. The van der Waals surface area contributed by atoms with Crippen LogP contribution in [0.3, 0.4) is 0 Å². The summed E-state index contributed by atoms with van der Waals surface area (Å²) < 4.78 is 2.63. The number of rotatable bonds is 0. The molecule has 0 amide bonds. The van der Waals surface area contributed by atoms with Gasteiger partial charge in [-0.25, -0.2) is 9.36 Å². The van der Waals surface area contributed by atoms with Crippen molar-refractivity contribution in [2.24, 2.45) is 7.05 Å². The predicted octanol–water partition coefficient (Wildman–Crippen LogP) is 2.12. The van der Waals surface area contributed by atoms with Crippen molar-refractivity contribution in [3.8, 4) is 5.75 Å². The third-order valence-electron chi connectivity index (χ3n) is 3.35. The van der Waals surface area contributed by atoms with Crippen molar-refractivity contribution in [1.82, 2.24) is 9.36 Å². The first-order valence-electron chi connectivity index (χ1n) is 6.22. The van der Waals surface area contributed by atoms with E-state index < -0.39 is 5.54 Å². The Kier molecular flexibility index (Phi) is 3.21. The number of phenols is 1. The Morgan fingerprint density at radius 3 is 2.25 bits per heavy atom. The SMILES string of the molecule is Cc1c(O)cc2c(=O)n(C(C)(C)C)n(C)c(=O)c2c1Cl. The maximum absolute atomic E-state index is 12.6. The van der Waals surface area contributed by atoms with Gasteiger partial charge in [0.25, 0.3) is 11.1 Å². The number of halogens is 1. The monoisotopic (exact) mass is 296 g/mol. The molecule has 2 rings (SSSR count). The minimum atomic E-state index is -0.563. The van der Waals surface area contributed by atoms with Crippen LogP contribution in [0, 0.1) is 6.92 Å². The van der Waals surface area contributed by atoms with Crippen molar-refractivity contribution in [2.45, 2.75) is 33.2 Å². The van der Waals surface area contributed by atoms with Gasteiger partial charge in [-0.05, 0) is 33.8 Å². The number of fused-ring (bicyclic) bond motifs is 1. The van der Waals surface area contributed by atoms with Gasteiger partial charge in [-0.15, -0.1) is 0 Å². The molecule has 0 aliphatic carbocycles. The van der Waals surface area contributed by atoms with E-state index in [0.29, 0.717) is 5.56 Å². The standard InChI is InChI=1S/C14H17ClN2O3/c1-7-9(18)6-8-10(11(7)15)13(20)16(5)17(12(8)19)14(2,3)4/h6,18H,1-5H3. The number of benzene rings is 1. The van der Waals surface area contributed by atoms with E-state index in [4.69, 9.17) is 11.6 Å². The molecule has 1 aromatic carbocycles. The number of aromatic hydroxyl groups is 1. The second-order valence-electron chi connectivity index (χ2n) is 5.87. The van der Waals surface area contributed by atoms with Gasteiger partial charge < -0.3 is 5.11 Å². The molecule has 5 nitrogen and oxygen atoms in total. The van der Waals surface area contributed by atoms with Crippen LogP contribution in [0.25, 0.3) is 10.8 Å². The van der Waals surface area contributed by atoms with Crippen molar-refractivity contribution in [2.75, 3.05) is 0 Å². The molecule has 0 saturated carbocycles. The van der Waals surface area contributed by atoms with Crippen LogP contribution in [0.5, 0.6) is 5.75 Å². The summed E-state index contributed by atoms with van der Waals surface area (Å²) >= 11 is 6.13. The maximum atomic E-state index is 12.6. The summed E-state index contributed by atoms with van der Waals surface area (Å²) in [5.74, 6) is -0.0895. The Morgan fingerprint density at radius 1 is 1.20 bits per heavy atom. The molecule has 20 heavy (non-hydrogen) atoms. The van der Waals surface area contributed by atoms with Gasteiger partial charge in [0.2, 0.25) is 0 Å². The minimum Gasteiger partial charge on any atom is -0.508 e. The van der Waals surface area contributed by atoms with Crippen LogP contribution >= 0.6 is 11.6 Å². The Hall–Kier alpha value is -1.75. The van der Waals surface area contributed by atoms with Crippen molar-refractivity contribution in [1.29, 1.82) is 0 Å². The Balaban J connectivity index is 3.19. The van der Waals surface area contributed by atoms with Crippen LogP contribution in [-0.4, -0.2) is 14.5 Å². The van der Waals surface area contributed by atoms with Crippen molar-refractivity contribution in [3.63, 3.8) is 0 Å². The van der Waals surface area contributed by atoms with E-state index in [1.54, 1.807) is 6.92 Å². The molecule has 0 bridgehead atoms. The molecule has 0 radical (unpaired) electrons. The molecule has 6 heteroatoms. The molecule has 0 unspecified atom stereocenters. The normalized spacial score (nSPS) is 12.1. The third-order valence-corrected chi connectivity index (χ3v) is 3.82. The lowest BCUT2D eigenvalue weighted by atomic mass is 10.1. The molecule has 1 heterocycles. The molecular weight excluding hydrogens is 280 g/mol. The average Bonchev–Trinajstić information content (AvgIpc) is 2.31. The summed E-state index contributed by atoms with van der Waals surface area (Å²) in [6.07, 6.45) is 0. The van der Waals surface area contributed by atoms with Gasteiger partial charge in [0.05, 0.1) is 21.3 Å². The number of hydrogen-bond donors (Lipinski definition) is 1. The van der Waals surface area contributed by atoms with E-state index in [-0.39, 0.29) is 32.7 Å². The molecule has 0 atom stereocenters. The molecule has 0 aliphatic heterocycles. The molecule has 0 fully saturated rings. The van der Waals surface area contributed by atoms with E-state index in [2.05, 4.69) is 0 Å². The molecule has 0 saturated heterocycles. The topological polar surface area (TPSA) is 64.2 Å². The second-order valence-corrected chi connectivity index (χ2v) is 6.25. The van der Waals surface area contributed by atoms with Gasteiger partial charge in [-0.2, -0.15) is 0 Å². The summed E-state index contributed by atoms with van der Waals surface area (Å²) in [6, 6.07) is 1.31. The smallest absolute Gasteiger partial charge is 0.274 e. The molecule has 2 aromatic rings. The highest BCUT2D eigenvalue weighted by molar-refractivity contribution is 6.36. The zero-order chi connectivity index (χ0) is 15.4. The van der Waals surface area contributed by atoms with E-state index in [1.807, 2.05) is 20.8 Å². The Morgan fingerprint density at radius 2 is 1.75 bits per heavy atom. The van der Waals surface area contributed by atoms with Crippen molar-refractivity contribution in [3.05, 3.63) is 37.4 Å². The van der Waals surface area contributed by atoms with Gasteiger partial charge >= 0.3 is 0 Å². The zero-order valence-electron chi connectivity index (χ0n) is 12.1. The highest BCUT2D eigenvalue weighted by atomic mass is 35.5. The molecule has 108 valence electrons. The van der Waals surface area contributed by atoms with Crippen molar-refractivity contribution >= 4 is 22.4 Å². The predicted molar refractivity (Wildman–Crippen MR) is 79.9 cm³/mol. The van der Waals surface area contributed by atoms with Gasteiger partial charge in [-0.1, -0.05) is 11.6 Å². The van der Waals surface area contributed by atoms with Crippen LogP contribution in [0.4, 0.5) is 0 Å². The lowest BCUT2D eigenvalue weighted by Gasteiger charge is -2.26. The largest absolute Gasteiger partial charge is 0.508 e. The van der Waals surface area contributed by atoms with Crippen LogP contribution < -0.4 is 11.1 Å². The maximum Gasteiger partial charge on any atom is 0.274 e. The number of hydrogen-bond acceptors (Lipinski definition) is 3. The lowest BCUT2D eigenvalue weighted by Crippen LogP contribution is -2.45. The summed E-state index contributed by atoms with van der Waals surface area (Å²) in [5, 5.41) is 10.2. The fraction of sp³-hybridized carbons (Fsp3) is 0.429. The summed E-state index contributed by atoms with van der Waals surface area (Å²) in [4.78, 5) is 25.1. The molecule has 0 aliphatic rings. The number of phenolic OH excluding ortho intramolecular Hbond substituents is 1. The fourth-order valence-electron chi connectivity index (χ4n) is 2.37. The van der Waals surface area contributed by atoms with E-state index in [0.717, 1.165) is 0 Å². The van der Waals surface area contributed by atoms with Crippen LogP contribution in [0.2, 0.25) is 5.02 Å². The molecule has 1 aromatic heterocycles. The first-order chi connectivity index (χ1) is 9.07. The second kappa shape index (κ2) is 4.38. The highest BCUT2D eigenvalue weighted by Gasteiger charge is 2.23. The van der Waals surface area contributed by atoms with Crippen LogP contribution in [-0.2, 0) is 12.6 Å².